The van der Waals surface area contributed by atoms with Crippen LogP contribution in [0.2, 0.25) is 0 Å². The third-order valence-electron chi connectivity index (χ3n) is 4.78. The van der Waals surface area contributed by atoms with Gasteiger partial charge in [0.2, 0.25) is 0 Å². The lowest BCUT2D eigenvalue weighted by Crippen LogP contribution is -2.24. The van der Waals surface area contributed by atoms with E-state index >= 15 is 0 Å². The highest BCUT2D eigenvalue weighted by Crippen LogP contribution is 2.32. The first-order valence-electron chi connectivity index (χ1n) is 8.70. The van der Waals surface area contributed by atoms with Crippen molar-refractivity contribution >= 4 is 17.0 Å². The fraction of sp³-hybridized carbons (Fsp3) is 0.389. The van der Waals surface area contributed by atoms with Crippen LogP contribution in [0.4, 0.5) is 10.2 Å². The molecule has 4 rings (SSSR count). The molecule has 0 spiro atoms. The number of benzene rings is 1. The van der Waals surface area contributed by atoms with Crippen molar-refractivity contribution in [3.63, 3.8) is 0 Å². The predicted octanol–water partition coefficient (Wildman–Crippen LogP) is 1.78. The standard InChI is InChI=1S/C18H20FN5O3/c1-10(11-2-4-12(19)5-3-11)23-17-16-18(21-8-20-17)24(9-22-16)15-6-13(26)14(7-25)27-15/h2-5,8-10,13-15,25-26H,6-7H2,1H3,(H,20,21,23)/t10-,13?,14+,15+/m0/s1. The Labute approximate surface area is 154 Å². The minimum absolute atomic E-state index is 0.114. The zero-order chi connectivity index (χ0) is 19.0. The molecule has 1 unspecified atom stereocenters. The third-order valence-corrected chi connectivity index (χ3v) is 4.78. The van der Waals surface area contributed by atoms with Gasteiger partial charge in [-0.2, -0.15) is 0 Å². The summed E-state index contributed by atoms with van der Waals surface area (Å²) in [6.07, 6.45) is 1.54. The Morgan fingerprint density at radius 2 is 2.07 bits per heavy atom. The van der Waals surface area contributed by atoms with Crippen molar-refractivity contribution < 1.29 is 19.3 Å². The van der Waals surface area contributed by atoms with E-state index < -0.39 is 18.4 Å². The molecular weight excluding hydrogens is 353 g/mol. The first kappa shape index (κ1) is 17.8. The minimum Gasteiger partial charge on any atom is -0.394 e. The van der Waals surface area contributed by atoms with Gasteiger partial charge < -0.3 is 20.3 Å². The average Bonchev–Trinajstić information content (AvgIpc) is 3.26. The maximum absolute atomic E-state index is 13.1. The molecule has 0 amide bonds. The first-order valence-corrected chi connectivity index (χ1v) is 8.70. The van der Waals surface area contributed by atoms with Crippen LogP contribution in [-0.2, 0) is 4.74 Å². The van der Waals surface area contributed by atoms with Gasteiger partial charge in [0, 0.05) is 6.42 Å². The number of nitrogens with zero attached hydrogens (tertiary/aromatic N) is 4. The molecule has 1 fully saturated rings. The van der Waals surface area contributed by atoms with Crippen LogP contribution < -0.4 is 5.32 Å². The quantitative estimate of drug-likeness (QED) is 0.626. The molecule has 4 atom stereocenters. The summed E-state index contributed by atoms with van der Waals surface area (Å²) >= 11 is 0. The number of hydrogen-bond donors (Lipinski definition) is 3. The summed E-state index contributed by atoms with van der Waals surface area (Å²) in [6, 6.07) is 6.15. The number of aliphatic hydroxyl groups is 2. The van der Waals surface area contributed by atoms with E-state index in [4.69, 9.17) is 4.74 Å². The largest absolute Gasteiger partial charge is 0.394 e. The second kappa shape index (κ2) is 7.18. The maximum atomic E-state index is 13.1. The van der Waals surface area contributed by atoms with Crippen LogP contribution >= 0.6 is 0 Å². The first-order chi connectivity index (χ1) is 13.1. The SMILES string of the molecule is C[C@H](Nc1ncnc2c1ncn2[C@H]1CC(O)[C@@H](CO)O1)c1ccc(F)cc1. The van der Waals surface area contributed by atoms with Crippen LogP contribution in [0.25, 0.3) is 11.2 Å². The van der Waals surface area contributed by atoms with Crippen molar-refractivity contribution in [3.8, 4) is 0 Å². The van der Waals surface area contributed by atoms with Gasteiger partial charge in [-0.3, -0.25) is 4.57 Å². The van der Waals surface area contributed by atoms with Gasteiger partial charge in [-0.15, -0.1) is 0 Å². The van der Waals surface area contributed by atoms with E-state index in [9.17, 15) is 14.6 Å². The number of ether oxygens (including phenoxy) is 1. The average molecular weight is 373 g/mol. The number of fused-ring (bicyclic) bond motifs is 1. The Balaban J connectivity index is 1.60. The van der Waals surface area contributed by atoms with Crippen LogP contribution in [-0.4, -0.2) is 48.5 Å². The highest BCUT2D eigenvalue weighted by molar-refractivity contribution is 5.82. The van der Waals surface area contributed by atoms with E-state index in [-0.39, 0.29) is 18.5 Å². The Bertz CT molecular complexity index is 932. The summed E-state index contributed by atoms with van der Waals surface area (Å²) in [5, 5.41) is 22.5. The Morgan fingerprint density at radius 3 is 2.78 bits per heavy atom. The molecule has 1 aromatic carbocycles. The predicted molar refractivity (Wildman–Crippen MR) is 95.4 cm³/mol. The van der Waals surface area contributed by atoms with Crippen molar-refractivity contribution in [2.45, 2.75) is 37.8 Å². The number of halogens is 1. The highest BCUT2D eigenvalue weighted by Gasteiger charge is 2.35. The monoisotopic (exact) mass is 373 g/mol. The van der Waals surface area contributed by atoms with Gasteiger partial charge in [0.15, 0.2) is 17.0 Å². The molecule has 0 aliphatic carbocycles. The van der Waals surface area contributed by atoms with Crippen LogP contribution in [0.15, 0.2) is 36.9 Å². The summed E-state index contributed by atoms with van der Waals surface area (Å²) in [7, 11) is 0. The molecule has 2 aromatic heterocycles. The van der Waals surface area contributed by atoms with E-state index in [1.54, 1.807) is 23.0 Å². The molecule has 0 radical (unpaired) electrons. The van der Waals surface area contributed by atoms with Crippen molar-refractivity contribution in [1.82, 2.24) is 19.5 Å². The Kier molecular flexibility index (Phi) is 4.73. The van der Waals surface area contributed by atoms with Gasteiger partial charge >= 0.3 is 0 Å². The van der Waals surface area contributed by atoms with Gasteiger partial charge in [0.25, 0.3) is 0 Å². The van der Waals surface area contributed by atoms with Gasteiger partial charge in [-0.25, -0.2) is 19.3 Å². The molecule has 0 bridgehead atoms. The zero-order valence-electron chi connectivity index (χ0n) is 14.7. The lowest BCUT2D eigenvalue weighted by Gasteiger charge is -2.16. The molecule has 3 heterocycles. The summed E-state index contributed by atoms with van der Waals surface area (Å²) in [6.45, 7) is 1.70. The molecule has 1 aliphatic rings. The summed E-state index contributed by atoms with van der Waals surface area (Å²) in [4.78, 5) is 13.0. The van der Waals surface area contributed by atoms with Crippen LogP contribution in [0.1, 0.15) is 31.2 Å². The number of imidazole rings is 1. The number of rotatable bonds is 5. The topological polar surface area (TPSA) is 105 Å². The molecule has 8 nitrogen and oxygen atoms in total. The van der Waals surface area contributed by atoms with Crippen LogP contribution in [0, 0.1) is 5.82 Å². The second-order valence-corrected chi connectivity index (χ2v) is 6.58. The summed E-state index contributed by atoms with van der Waals surface area (Å²) in [5.41, 5.74) is 2.04. The van der Waals surface area contributed by atoms with E-state index in [0.29, 0.717) is 23.4 Å². The highest BCUT2D eigenvalue weighted by atomic mass is 19.1. The van der Waals surface area contributed by atoms with Crippen molar-refractivity contribution in [2.24, 2.45) is 0 Å². The van der Waals surface area contributed by atoms with Gasteiger partial charge in [0.05, 0.1) is 25.1 Å². The summed E-state index contributed by atoms with van der Waals surface area (Å²) in [5.74, 6) is 0.266. The van der Waals surface area contributed by atoms with Gasteiger partial charge in [-0.05, 0) is 24.6 Å². The third kappa shape index (κ3) is 3.36. The van der Waals surface area contributed by atoms with Crippen molar-refractivity contribution in [1.29, 1.82) is 0 Å². The lowest BCUT2D eigenvalue weighted by molar-refractivity contribution is -0.0432. The number of hydrogen-bond acceptors (Lipinski definition) is 7. The molecule has 1 saturated heterocycles. The maximum Gasteiger partial charge on any atom is 0.167 e. The molecule has 3 aromatic rings. The molecule has 142 valence electrons. The van der Waals surface area contributed by atoms with Gasteiger partial charge in [-0.1, -0.05) is 12.1 Å². The van der Waals surface area contributed by atoms with Crippen LogP contribution in [0.5, 0.6) is 0 Å². The van der Waals surface area contributed by atoms with Gasteiger partial charge in [0.1, 0.15) is 24.5 Å². The summed E-state index contributed by atoms with van der Waals surface area (Å²) < 4.78 is 20.5. The molecule has 27 heavy (non-hydrogen) atoms. The number of nitrogens with one attached hydrogen (secondary N) is 1. The molecule has 1 aliphatic heterocycles. The number of aliphatic hydroxyl groups excluding tert-OH is 2. The lowest BCUT2D eigenvalue weighted by atomic mass is 10.1. The second-order valence-electron chi connectivity index (χ2n) is 6.58. The molecule has 0 saturated carbocycles. The van der Waals surface area contributed by atoms with Crippen molar-refractivity contribution in [3.05, 3.63) is 48.3 Å². The smallest absolute Gasteiger partial charge is 0.167 e. The Hall–Kier alpha value is -2.62. The number of aromatic nitrogens is 4. The normalized spacial score (nSPS) is 23.6. The molecule has 9 heteroatoms. The minimum atomic E-state index is -0.740. The molecular formula is C18H20FN5O3. The van der Waals surface area contributed by atoms with Crippen molar-refractivity contribution in [2.75, 3.05) is 11.9 Å². The van der Waals surface area contributed by atoms with E-state index in [1.165, 1.54) is 18.5 Å². The van der Waals surface area contributed by atoms with E-state index in [0.717, 1.165) is 5.56 Å². The van der Waals surface area contributed by atoms with E-state index in [2.05, 4.69) is 20.3 Å². The fourth-order valence-corrected chi connectivity index (χ4v) is 3.26. The number of anilines is 1. The zero-order valence-corrected chi connectivity index (χ0v) is 14.7. The fourth-order valence-electron chi connectivity index (χ4n) is 3.26. The Morgan fingerprint density at radius 1 is 1.30 bits per heavy atom. The molecule has 3 N–H and O–H groups in total. The van der Waals surface area contributed by atoms with Crippen LogP contribution in [0.3, 0.4) is 0 Å². The van der Waals surface area contributed by atoms with E-state index in [1.807, 2.05) is 6.92 Å².